The predicted molar refractivity (Wildman–Crippen MR) is 63.8 cm³/mol. The van der Waals surface area contributed by atoms with Crippen LogP contribution in [0.2, 0.25) is 0 Å². The van der Waals surface area contributed by atoms with Crippen LogP contribution in [0.5, 0.6) is 0 Å². The van der Waals surface area contributed by atoms with Crippen molar-refractivity contribution in [1.82, 2.24) is 0 Å². The van der Waals surface area contributed by atoms with Crippen LogP contribution in [-0.2, 0) is 4.74 Å². The van der Waals surface area contributed by atoms with E-state index in [1.54, 1.807) is 7.11 Å². The zero-order valence-electron chi connectivity index (χ0n) is 10.2. The van der Waals surface area contributed by atoms with Crippen molar-refractivity contribution in [2.45, 2.75) is 38.7 Å². The van der Waals surface area contributed by atoms with Crippen LogP contribution in [0.15, 0.2) is 18.2 Å². The number of rotatable bonds is 3. The van der Waals surface area contributed by atoms with E-state index in [1.807, 2.05) is 25.1 Å². The molecule has 0 unspecified atom stereocenters. The van der Waals surface area contributed by atoms with Crippen molar-refractivity contribution in [1.29, 1.82) is 0 Å². The maximum atomic E-state index is 12.3. The fraction of sp³-hybridized carbons (Fsp3) is 0.500. The van der Waals surface area contributed by atoms with Gasteiger partial charge in [-0.1, -0.05) is 12.1 Å². The van der Waals surface area contributed by atoms with E-state index in [4.69, 9.17) is 4.74 Å². The molecule has 2 rings (SSSR count). The van der Waals surface area contributed by atoms with Crippen LogP contribution in [-0.4, -0.2) is 18.5 Å². The minimum atomic E-state index is -0.526. The summed E-state index contributed by atoms with van der Waals surface area (Å²) in [5, 5.41) is 0. The van der Waals surface area contributed by atoms with Gasteiger partial charge in [0.15, 0.2) is 5.78 Å². The average molecular weight is 218 g/mol. The van der Waals surface area contributed by atoms with Gasteiger partial charge in [-0.15, -0.1) is 0 Å². The SMILES string of the molecule is COC1(C(=O)c2ccc(C)c(C)c2)CCC1. The molecule has 0 N–H and O–H groups in total. The first-order valence-corrected chi connectivity index (χ1v) is 5.76. The van der Waals surface area contributed by atoms with Gasteiger partial charge in [0, 0.05) is 12.7 Å². The molecule has 0 aliphatic heterocycles. The number of ketones is 1. The van der Waals surface area contributed by atoms with E-state index in [0.717, 1.165) is 30.4 Å². The molecule has 0 heterocycles. The van der Waals surface area contributed by atoms with E-state index in [-0.39, 0.29) is 5.78 Å². The van der Waals surface area contributed by atoms with Gasteiger partial charge in [-0.2, -0.15) is 0 Å². The minimum absolute atomic E-state index is 0.143. The van der Waals surface area contributed by atoms with Crippen molar-refractivity contribution in [3.8, 4) is 0 Å². The summed E-state index contributed by atoms with van der Waals surface area (Å²) in [6.07, 6.45) is 2.80. The zero-order valence-corrected chi connectivity index (χ0v) is 10.2. The molecule has 86 valence electrons. The molecule has 1 aromatic carbocycles. The third-order valence-corrected chi connectivity index (χ3v) is 3.73. The van der Waals surface area contributed by atoms with Crippen molar-refractivity contribution in [2.75, 3.05) is 7.11 Å². The highest BCUT2D eigenvalue weighted by Gasteiger charge is 2.44. The first-order valence-electron chi connectivity index (χ1n) is 5.76. The van der Waals surface area contributed by atoms with Crippen molar-refractivity contribution in [3.05, 3.63) is 34.9 Å². The number of hydrogen-bond donors (Lipinski definition) is 0. The quantitative estimate of drug-likeness (QED) is 0.729. The molecule has 0 atom stereocenters. The topological polar surface area (TPSA) is 26.3 Å². The second-order valence-corrected chi connectivity index (χ2v) is 4.68. The second-order valence-electron chi connectivity index (χ2n) is 4.68. The fourth-order valence-electron chi connectivity index (χ4n) is 2.17. The Kier molecular flexibility index (Phi) is 2.85. The van der Waals surface area contributed by atoms with Gasteiger partial charge in [0.25, 0.3) is 0 Å². The lowest BCUT2D eigenvalue weighted by Gasteiger charge is -2.38. The lowest BCUT2D eigenvalue weighted by atomic mass is 9.74. The van der Waals surface area contributed by atoms with Crippen LogP contribution in [0.1, 0.15) is 40.7 Å². The van der Waals surface area contributed by atoms with Gasteiger partial charge in [-0.05, 0) is 50.3 Å². The average Bonchev–Trinajstić information content (AvgIpc) is 2.21. The fourth-order valence-corrected chi connectivity index (χ4v) is 2.17. The third-order valence-electron chi connectivity index (χ3n) is 3.73. The van der Waals surface area contributed by atoms with Gasteiger partial charge in [0.05, 0.1) is 0 Å². The third kappa shape index (κ3) is 1.67. The molecule has 0 saturated heterocycles. The number of aryl methyl sites for hydroxylation is 2. The minimum Gasteiger partial charge on any atom is -0.370 e. The van der Waals surface area contributed by atoms with Crippen LogP contribution < -0.4 is 0 Å². The molecule has 0 amide bonds. The molecule has 2 nitrogen and oxygen atoms in total. The molecule has 1 aromatic rings. The van der Waals surface area contributed by atoms with E-state index in [0.29, 0.717) is 0 Å². The normalized spacial score (nSPS) is 17.9. The Morgan fingerprint density at radius 1 is 1.25 bits per heavy atom. The molecule has 16 heavy (non-hydrogen) atoms. The van der Waals surface area contributed by atoms with Crippen molar-refractivity contribution >= 4 is 5.78 Å². The molecule has 0 spiro atoms. The molecular weight excluding hydrogens is 200 g/mol. The number of carbonyl (C=O) groups excluding carboxylic acids is 1. The summed E-state index contributed by atoms with van der Waals surface area (Å²) in [7, 11) is 1.64. The Morgan fingerprint density at radius 3 is 2.38 bits per heavy atom. The van der Waals surface area contributed by atoms with Gasteiger partial charge in [0.2, 0.25) is 0 Å². The zero-order chi connectivity index (χ0) is 11.8. The van der Waals surface area contributed by atoms with E-state index < -0.39 is 5.60 Å². The summed E-state index contributed by atoms with van der Waals surface area (Å²) in [4.78, 5) is 12.3. The van der Waals surface area contributed by atoms with E-state index in [2.05, 4.69) is 6.92 Å². The van der Waals surface area contributed by atoms with Crippen molar-refractivity contribution in [3.63, 3.8) is 0 Å². The maximum absolute atomic E-state index is 12.3. The summed E-state index contributed by atoms with van der Waals surface area (Å²) >= 11 is 0. The highest BCUT2D eigenvalue weighted by atomic mass is 16.5. The molecule has 1 fully saturated rings. The second kappa shape index (κ2) is 4.02. The molecule has 1 aliphatic carbocycles. The van der Waals surface area contributed by atoms with E-state index in [1.165, 1.54) is 5.56 Å². The lowest BCUT2D eigenvalue weighted by Crippen LogP contribution is -2.47. The monoisotopic (exact) mass is 218 g/mol. The van der Waals surface area contributed by atoms with Crippen LogP contribution in [0.25, 0.3) is 0 Å². The summed E-state index contributed by atoms with van der Waals surface area (Å²) in [5.74, 6) is 0.143. The standard InChI is InChI=1S/C14H18O2/c1-10-5-6-12(9-11(10)2)13(15)14(16-3)7-4-8-14/h5-6,9H,4,7-8H2,1-3H3. The van der Waals surface area contributed by atoms with Crippen molar-refractivity contribution < 1.29 is 9.53 Å². The van der Waals surface area contributed by atoms with Gasteiger partial charge in [-0.3, -0.25) is 4.79 Å². The number of benzene rings is 1. The Bertz CT molecular complexity index is 411. The van der Waals surface area contributed by atoms with Crippen molar-refractivity contribution in [2.24, 2.45) is 0 Å². The number of Topliss-reactive ketones (excluding diaryl/α,β-unsaturated/α-hetero) is 1. The molecule has 0 bridgehead atoms. The summed E-state index contributed by atoms with van der Waals surface area (Å²) in [6.45, 7) is 4.09. The van der Waals surface area contributed by atoms with Crippen LogP contribution in [0.3, 0.4) is 0 Å². The summed E-state index contributed by atoms with van der Waals surface area (Å²) in [5.41, 5.74) is 2.64. The first kappa shape index (κ1) is 11.3. The van der Waals surface area contributed by atoms with Gasteiger partial charge < -0.3 is 4.74 Å². The number of carbonyl (C=O) groups is 1. The summed E-state index contributed by atoms with van der Waals surface area (Å²) in [6, 6.07) is 5.88. The van der Waals surface area contributed by atoms with Gasteiger partial charge in [0.1, 0.15) is 5.60 Å². The van der Waals surface area contributed by atoms with Gasteiger partial charge in [-0.25, -0.2) is 0 Å². The van der Waals surface area contributed by atoms with E-state index >= 15 is 0 Å². The first-order chi connectivity index (χ1) is 7.59. The number of methoxy groups -OCH3 is 1. The Labute approximate surface area is 96.6 Å². The van der Waals surface area contributed by atoms with Crippen LogP contribution >= 0.6 is 0 Å². The Balaban J connectivity index is 2.30. The van der Waals surface area contributed by atoms with E-state index in [9.17, 15) is 4.79 Å². The Hall–Kier alpha value is -1.15. The highest BCUT2D eigenvalue weighted by Crippen LogP contribution is 2.38. The maximum Gasteiger partial charge on any atom is 0.194 e. The predicted octanol–water partition coefficient (Wildman–Crippen LogP) is 3.06. The van der Waals surface area contributed by atoms with Gasteiger partial charge >= 0.3 is 0 Å². The molecule has 0 aromatic heterocycles. The molecule has 1 saturated carbocycles. The van der Waals surface area contributed by atoms with Crippen LogP contribution in [0.4, 0.5) is 0 Å². The number of hydrogen-bond acceptors (Lipinski definition) is 2. The molecule has 1 aliphatic rings. The molecular formula is C14H18O2. The smallest absolute Gasteiger partial charge is 0.194 e. The Morgan fingerprint density at radius 2 is 1.94 bits per heavy atom. The lowest BCUT2D eigenvalue weighted by molar-refractivity contribution is -0.0448. The van der Waals surface area contributed by atoms with Crippen LogP contribution in [0, 0.1) is 13.8 Å². The number of ether oxygens (including phenoxy) is 1. The largest absolute Gasteiger partial charge is 0.370 e. The molecule has 0 radical (unpaired) electrons. The molecule has 2 heteroatoms. The summed E-state index contributed by atoms with van der Waals surface area (Å²) < 4.78 is 5.41. The highest BCUT2D eigenvalue weighted by molar-refractivity contribution is 6.03.